The Morgan fingerprint density at radius 1 is 1.12 bits per heavy atom. The summed E-state index contributed by atoms with van der Waals surface area (Å²) in [6.07, 6.45) is 0. The number of nitrogen functional groups attached to an aromatic ring is 2. The number of pyridine rings is 1. The number of rotatable bonds is 2. The maximum absolute atomic E-state index is 5.88. The summed E-state index contributed by atoms with van der Waals surface area (Å²) in [5, 5.41) is 0.662. The van der Waals surface area contributed by atoms with Crippen molar-refractivity contribution in [3.63, 3.8) is 0 Å². The average Bonchev–Trinajstić information content (AvgIpc) is 2.31. The fraction of sp³-hybridized carbons (Fsp3) is 0.0833. The quantitative estimate of drug-likeness (QED) is 0.858. The summed E-state index contributed by atoms with van der Waals surface area (Å²) < 4.78 is 5.07. The van der Waals surface area contributed by atoms with Crippen LogP contribution in [-0.4, -0.2) is 12.1 Å². The van der Waals surface area contributed by atoms with Gasteiger partial charge < -0.3 is 16.2 Å². The summed E-state index contributed by atoms with van der Waals surface area (Å²) in [6, 6.07) is 8.88. The molecule has 5 heteroatoms. The molecule has 0 aliphatic heterocycles. The monoisotopic (exact) mass is 249 g/mol. The van der Waals surface area contributed by atoms with Crippen molar-refractivity contribution >= 4 is 23.0 Å². The predicted octanol–water partition coefficient (Wildman–Crippen LogP) is 2.57. The van der Waals surface area contributed by atoms with Gasteiger partial charge in [-0.2, -0.15) is 0 Å². The van der Waals surface area contributed by atoms with E-state index in [-0.39, 0.29) is 0 Å². The molecule has 1 heterocycles. The number of aromatic nitrogens is 1. The third kappa shape index (κ3) is 2.26. The van der Waals surface area contributed by atoms with Gasteiger partial charge in [-0.25, -0.2) is 4.98 Å². The van der Waals surface area contributed by atoms with Gasteiger partial charge in [-0.3, -0.25) is 0 Å². The number of anilines is 2. The lowest BCUT2D eigenvalue weighted by atomic mass is 10.1. The van der Waals surface area contributed by atoms with Crippen LogP contribution in [0.25, 0.3) is 11.3 Å². The van der Waals surface area contributed by atoms with Gasteiger partial charge in [0.1, 0.15) is 0 Å². The first kappa shape index (κ1) is 11.5. The molecule has 0 bridgehead atoms. The first-order chi connectivity index (χ1) is 8.11. The Balaban J connectivity index is 2.55. The van der Waals surface area contributed by atoms with Gasteiger partial charge in [0, 0.05) is 10.6 Å². The van der Waals surface area contributed by atoms with E-state index in [2.05, 4.69) is 4.98 Å². The first-order valence-corrected chi connectivity index (χ1v) is 5.35. The molecule has 0 aliphatic rings. The van der Waals surface area contributed by atoms with Crippen LogP contribution in [-0.2, 0) is 0 Å². The van der Waals surface area contributed by atoms with Crippen molar-refractivity contribution in [3.8, 4) is 17.1 Å². The minimum atomic E-state index is 0.365. The smallest absolute Gasteiger partial charge is 0.237 e. The Labute approximate surface area is 104 Å². The maximum Gasteiger partial charge on any atom is 0.237 e. The molecule has 0 saturated heterocycles. The van der Waals surface area contributed by atoms with E-state index in [1.807, 2.05) is 12.1 Å². The number of nitrogens with zero attached hydrogens (tertiary/aromatic N) is 1. The third-order valence-corrected chi connectivity index (χ3v) is 2.61. The van der Waals surface area contributed by atoms with E-state index in [1.165, 1.54) is 7.11 Å². The van der Waals surface area contributed by atoms with Gasteiger partial charge in [-0.15, -0.1) is 0 Å². The van der Waals surface area contributed by atoms with E-state index in [4.69, 9.17) is 27.8 Å². The average molecular weight is 250 g/mol. The third-order valence-electron chi connectivity index (χ3n) is 2.36. The van der Waals surface area contributed by atoms with Gasteiger partial charge in [0.25, 0.3) is 0 Å². The van der Waals surface area contributed by atoms with Crippen LogP contribution in [0.3, 0.4) is 0 Å². The second kappa shape index (κ2) is 4.51. The molecular weight excluding hydrogens is 238 g/mol. The normalized spacial score (nSPS) is 10.2. The topological polar surface area (TPSA) is 74.2 Å². The Hall–Kier alpha value is -1.94. The van der Waals surface area contributed by atoms with Crippen LogP contribution in [0.1, 0.15) is 0 Å². The van der Waals surface area contributed by atoms with Crippen molar-refractivity contribution in [1.29, 1.82) is 0 Å². The molecule has 4 nitrogen and oxygen atoms in total. The van der Waals surface area contributed by atoms with Gasteiger partial charge in [-0.1, -0.05) is 23.7 Å². The van der Waals surface area contributed by atoms with Gasteiger partial charge in [0.05, 0.1) is 24.2 Å². The van der Waals surface area contributed by atoms with Crippen LogP contribution in [0, 0.1) is 0 Å². The number of ether oxygens (including phenoxy) is 1. The number of benzene rings is 1. The van der Waals surface area contributed by atoms with Gasteiger partial charge >= 0.3 is 0 Å². The van der Waals surface area contributed by atoms with Gasteiger partial charge in [-0.05, 0) is 18.2 Å². The lowest BCUT2D eigenvalue weighted by Gasteiger charge is -2.09. The fourth-order valence-electron chi connectivity index (χ4n) is 1.53. The van der Waals surface area contributed by atoms with Crippen LogP contribution in [0.5, 0.6) is 5.88 Å². The fourth-order valence-corrected chi connectivity index (χ4v) is 1.66. The molecule has 2 rings (SSSR count). The molecule has 0 saturated carbocycles. The molecule has 0 aliphatic carbocycles. The zero-order chi connectivity index (χ0) is 12.4. The van der Waals surface area contributed by atoms with Crippen LogP contribution in [0.2, 0.25) is 5.02 Å². The summed E-state index contributed by atoms with van der Waals surface area (Å²) in [6.45, 7) is 0. The van der Waals surface area contributed by atoms with Crippen molar-refractivity contribution < 1.29 is 4.74 Å². The first-order valence-electron chi connectivity index (χ1n) is 4.97. The minimum absolute atomic E-state index is 0.365. The van der Waals surface area contributed by atoms with Crippen LogP contribution in [0.4, 0.5) is 11.4 Å². The van der Waals surface area contributed by atoms with E-state index < -0.39 is 0 Å². The van der Waals surface area contributed by atoms with E-state index in [0.717, 1.165) is 5.56 Å². The molecule has 1 aromatic heterocycles. The Morgan fingerprint density at radius 2 is 1.76 bits per heavy atom. The summed E-state index contributed by atoms with van der Waals surface area (Å²) >= 11 is 5.83. The van der Waals surface area contributed by atoms with Crippen molar-refractivity contribution in [2.75, 3.05) is 18.6 Å². The molecule has 0 unspecified atom stereocenters. The molecule has 0 atom stereocenters. The minimum Gasteiger partial charge on any atom is -0.480 e. The summed E-state index contributed by atoms with van der Waals surface area (Å²) in [7, 11) is 1.51. The van der Waals surface area contributed by atoms with E-state index in [1.54, 1.807) is 18.2 Å². The highest BCUT2D eigenvalue weighted by atomic mass is 35.5. The molecule has 17 heavy (non-hydrogen) atoms. The predicted molar refractivity (Wildman–Crippen MR) is 70.1 cm³/mol. The molecule has 2 aromatic rings. The number of hydrogen-bond acceptors (Lipinski definition) is 4. The number of nitrogens with two attached hydrogens (primary N) is 2. The molecule has 1 aromatic carbocycles. The SMILES string of the molecule is COc1nc(-c2ccc(Cl)cc2)c(N)cc1N. The zero-order valence-electron chi connectivity index (χ0n) is 9.27. The lowest BCUT2D eigenvalue weighted by Crippen LogP contribution is -2.00. The van der Waals surface area contributed by atoms with Crippen LogP contribution in [0.15, 0.2) is 30.3 Å². The van der Waals surface area contributed by atoms with Crippen molar-refractivity contribution in [2.24, 2.45) is 0 Å². The number of hydrogen-bond donors (Lipinski definition) is 2. The lowest BCUT2D eigenvalue weighted by molar-refractivity contribution is 0.401. The largest absolute Gasteiger partial charge is 0.480 e. The second-order valence-corrected chi connectivity index (χ2v) is 3.97. The Kier molecular flexibility index (Phi) is 3.06. The molecule has 0 fully saturated rings. The Morgan fingerprint density at radius 3 is 2.35 bits per heavy atom. The van der Waals surface area contributed by atoms with Crippen LogP contribution < -0.4 is 16.2 Å². The highest BCUT2D eigenvalue weighted by Crippen LogP contribution is 2.31. The molecule has 4 N–H and O–H groups in total. The van der Waals surface area contributed by atoms with Crippen molar-refractivity contribution in [2.45, 2.75) is 0 Å². The second-order valence-electron chi connectivity index (χ2n) is 3.53. The molecular formula is C12H12ClN3O. The molecule has 0 amide bonds. The highest BCUT2D eigenvalue weighted by molar-refractivity contribution is 6.30. The van der Waals surface area contributed by atoms with Crippen molar-refractivity contribution in [3.05, 3.63) is 35.4 Å². The number of halogens is 1. The maximum atomic E-state index is 5.88. The standard InChI is InChI=1S/C12H12ClN3O/c1-17-12-10(15)6-9(14)11(16-12)7-2-4-8(13)5-3-7/h2-6H,14-15H2,1H3. The molecule has 88 valence electrons. The van der Waals surface area contributed by atoms with E-state index >= 15 is 0 Å². The zero-order valence-corrected chi connectivity index (χ0v) is 10.0. The number of methoxy groups -OCH3 is 1. The van der Waals surface area contributed by atoms with Gasteiger partial charge in [0.15, 0.2) is 0 Å². The van der Waals surface area contributed by atoms with Gasteiger partial charge in [0.2, 0.25) is 5.88 Å². The molecule has 0 radical (unpaired) electrons. The van der Waals surface area contributed by atoms with Crippen LogP contribution >= 0.6 is 11.6 Å². The highest BCUT2D eigenvalue weighted by Gasteiger charge is 2.09. The Bertz CT molecular complexity index is 540. The van der Waals surface area contributed by atoms with E-state index in [0.29, 0.717) is 28.0 Å². The summed E-state index contributed by atoms with van der Waals surface area (Å²) in [5.74, 6) is 0.365. The summed E-state index contributed by atoms with van der Waals surface area (Å²) in [5.41, 5.74) is 14.0. The summed E-state index contributed by atoms with van der Waals surface area (Å²) in [4.78, 5) is 4.27. The van der Waals surface area contributed by atoms with E-state index in [9.17, 15) is 0 Å². The molecule has 0 spiro atoms. The van der Waals surface area contributed by atoms with Crippen molar-refractivity contribution in [1.82, 2.24) is 4.98 Å².